The van der Waals surface area contributed by atoms with E-state index in [4.69, 9.17) is 11.6 Å². The zero-order valence-corrected chi connectivity index (χ0v) is 12.3. The molecule has 1 fully saturated rings. The van der Waals surface area contributed by atoms with Crippen molar-refractivity contribution in [2.24, 2.45) is 0 Å². The zero-order valence-electron chi connectivity index (χ0n) is 9.12. The Morgan fingerprint density at radius 2 is 1.88 bits per heavy atom. The predicted molar refractivity (Wildman–Crippen MR) is 72.1 cm³/mol. The summed E-state index contributed by atoms with van der Waals surface area (Å²) in [6, 6.07) is 6.20. The van der Waals surface area contributed by atoms with Crippen molar-refractivity contribution in [1.29, 1.82) is 0 Å². The van der Waals surface area contributed by atoms with Crippen molar-refractivity contribution in [3.05, 3.63) is 29.3 Å². The molecule has 1 aromatic rings. The van der Waals surface area contributed by atoms with Crippen molar-refractivity contribution in [3.8, 4) is 0 Å². The summed E-state index contributed by atoms with van der Waals surface area (Å²) in [5.74, 6) is 0. The molecule has 1 aliphatic rings. The monoisotopic (exact) mass is 337 g/mol. The molecule has 1 aromatic carbocycles. The topological polar surface area (TPSA) is 46.2 Å². The van der Waals surface area contributed by atoms with Crippen LogP contribution in [0.3, 0.4) is 0 Å². The molecule has 6 heteroatoms. The molecule has 17 heavy (non-hydrogen) atoms. The first kappa shape index (κ1) is 13.3. The Morgan fingerprint density at radius 3 is 2.29 bits per heavy atom. The van der Waals surface area contributed by atoms with Gasteiger partial charge in [-0.25, -0.2) is 13.1 Å². The summed E-state index contributed by atoms with van der Waals surface area (Å²) in [4.78, 5) is 0.258. The van der Waals surface area contributed by atoms with E-state index >= 15 is 0 Å². The second kappa shape index (κ2) is 4.88. The van der Waals surface area contributed by atoms with Crippen molar-refractivity contribution in [3.63, 3.8) is 0 Å². The van der Waals surface area contributed by atoms with Gasteiger partial charge in [0.2, 0.25) is 10.0 Å². The van der Waals surface area contributed by atoms with Gasteiger partial charge in [0.05, 0.1) is 4.90 Å². The van der Waals surface area contributed by atoms with Gasteiger partial charge in [-0.15, -0.1) is 0 Å². The molecule has 0 amide bonds. The zero-order chi connectivity index (χ0) is 12.5. The molecule has 0 spiro atoms. The molecule has 0 heterocycles. The average molecular weight is 339 g/mol. The van der Waals surface area contributed by atoms with Gasteiger partial charge in [-0.05, 0) is 43.5 Å². The molecule has 1 aliphatic carbocycles. The lowest BCUT2D eigenvalue weighted by atomic mass is 9.80. The van der Waals surface area contributed by atoms with Crippen LogP contribution in [0.25, 0.3) is 0 Å². The van der Waals surface area contributed by atoms with Crippen molar-refractivity contribution >= 4 is 37.6 Å². The Labute approximate surface area is 115 Å². The third kappa shape index (κ3) is 2.84. The summed E-state index contributed by atoms with van der Waals surface area (Å²) in [6.45, 7) is 0. The number of halogens is 2. The van der Waals surface area contributed by atoms with Gasteiger partial charge in [0.25, 0.3) is 0 Å². The lowest BCUT2D eigenvalue weighted by Gasteiger charge is -2.40. The first-order valence-corrected chi connectivity index (χ1v) is 8.31. The molecule has 94 valence electrons. The molecule has 2 rings (SSSR count). The van der Waals surface area contributed by atoms with Crippen LogP contribution in [0.15, 0.2) is 29.2 Å². The molecule has 0 radical (unpaired) electrons. The van der Waals surface area contributed by atoms with Crippen LogP contribution in [-0.2, 0) is 10.0 Å². The number of alkyl halides is 1. The van der Waals surface area contributed by atoms with Gasteiger partial charge in [0.1, 0.15) is 0 Å². The van der Waals surface area contributed by atoms with Gasteiger partial charge in [0, 0.05) is 15.9 Å². The maximum absolute atomic E-state index is 12.1. The third-order valence-corrected chi connectivity index (χ3v) is 5.96. The number of nitrogens with one attached hydrogen (secondary N) is 1. The fourth-order valence-corrected chi connectivity index (χ4v) is 4.30. The molecule has 0 unspecified atom stereocenters. The number of benzene rings is 1. The molecule has 3 nitrogen and oxygen atoms in total. The first-order chi connectivity index (χ1) is 7.97. The fourth-order valence-electron chi connectivity index (χ4n) is 1.82. The van der Waals surface area contributed by atoms with Crippen LogP contribution in [0.5, 0.6) is 0 Å². The molecule has 1 N–H and O–H groups in total. The maximum Gasteiger partial charge on any atom is 0.241 e. The minimum atomic E-state index is -3.45. The Hall–Kier alpha value is -0.100. The van der Waals surface area contributed by atoms with Gasteiger partial charge >= 0.3 is 0 Å². The number of sulfonamides is 1. The third-order valence-electron chi connectivity index (χ3n) is 3.04. The van der Waals surface area contributed by atoms with Crippen LogP contribution < -0.4 is 4.72 Å². The lowest BCUT2D eigenvalue weighted by Crippen LogP contribution is -2.54. The van der Waals surface area contributed by atoms with Crippen molar-refractivity contribution in [2.75, 3.05) is 5.33 Å². The summed E-state index contributed by atoms with van der Waals surface area (Å²) in [5, 5.41) is 1.18. The summed E-state index contributed by atoms with van der Waals surface area (Å²) in [5.41, 5.74) is -0.307. The summed E-state index contributed by atoms with van der Waals surface area (Å²) in [6.07, 6.45) is 2.82. The molecule has 0 saturated heterocycles. The lowest BCUT2D eigenvalue weighted by molar-refractivity contribution is 0.256. The highest BCUT2D eigenvalue weighted by Crippen LogP contribution is 2.34. The van der Waals surface area contributed by atoms with Crippen LogP contribution in [-0.4, -0.2) is 19.3 Å². The van der Waals surface area contributed by atoms with Crippen LogP contribution in [0.4, 0.5) is 0 Å². The van der Waals surface area contributed by atoms with Crippen molar-refractivity contribution < 1.29 is 8.42 Å². The molecule has 0 aromatic heterocycles. The molecular formula is C11H13BrClNO2S. The van der Waals surface area contributed by atoms with Gasteiger partial charge in [-0.2, -0.15) is 0 Å². The van der Waals surface area contributed by atoms with Crippen LogP contribution in [0.2, 0.25) is 5.02 Å². The van der Waals surface area contributed by atoms with Gasteiger partial charge in [-0.1, -0.05) is 27.5 Å². The minimum Gasteiger partial charge on any atom is -0.207 e. The average Bonchev–Trinajstić information content (AvgIpc) is 2.24. The Morgan fingerprint density at radius 1 is 1.29 bits per heavy atom. The summed E-state index contributed by atoms with van der Waals surface area (Å²) < 4.78 is 27.0. The Balaban J connectivity index is 2.22. The van der Waals surface area contributed by atoms with E-state index in [0.29, 0.717) is 10.4 Å². The Bertz CT molecular complexity index is 491. The Kier molecular flexibility index (Phi) is 3.83. The van der Waals surface area contributed by atoms with E-state index in [2.05, 4.69) is 20.7 Å². The van der Waals surface area contributed by atoms with E-state index in [-0.39, 0.29) is 10.4 Å². The number of hydrogen-bond donors (Lipinski definition) is 1. The standard InChI is InChI=1S/C11H13BrClNO2S/c12-8-11(6-1-7-11)14-17(15,16)10-4-2-9(13)3-5-10/h2-5,14H,1,6-8H2. The summed E-state index contributed by atoms with van der Waals surface area (Å²) >= 11 is 9.11. The highest BCUT2D eigenvalue weighted by atomic mass is 79.9. The van der Waals surface area contributed by atoms with Crippen LogP contribution in [0.1, 0.15) is 19.3 Å². The smallest absolute Gasteiger partial charge is 0.207 e. The normalized spacial score (nSPS) is 18.7. The fraction of sp³-hybridized carbons (Fsp3) is 0.455. The van der Waals surface area contributed by atoms with Gasteiger partial charge in [-0.3, -0.25) is 0 Å². The molecule has 0 atom stereocenters. The van der Waals surface area contributed by atoms with E-state index in [1.807, 2.05) is 0 Å². The van der Waals surface area contributed by atoms with E-state index in [9.17, 15) is 8.42 Å². The van der Waals surface area contributed by atoms with Crippen molar-refractivity contribution in [2.45, 2.75) is 29.7 Å². The predicted octanol–water partition coefficient (Wildman–Crippen LogP) is 2.94. The summed E-state index contributed by atoms with van der Waals surface area (Å²) in [7, 11) is -3.45. The minimum absolute atomic E-state index is 0.258. The number of hydrogen-bond acceptors (Lipinski definition) is 2. The highest BCUT2D eigenvalue weighted by molar-refractivity contribution is 9.09. The van der Waals surface area contributed by atoms with Gasteiger partial charge < -0.3 is 0 Å². The number of rotatable bonds is 4. The first-order valence-electron chi connectivity index (χ1n) is 5.33. The second-order valence-electron chi connectivity index (χ2n) is 4.33. The van der Waals surface area contributed by atoms with Crippen LogP contribution >= 0.6 is 27.5 Å². The largest absolute Gasteiger partial charge is 0.241 e. The van der Waals surface area contributed by atoms with E-state index in [0.717, 1.165) is 19.3 Å². The van der Waals surface area contributed by atoms with Crippen LogP contribution in [0, 0.1) is 0 Å². The maximum atomic E-state index is 12.1. The van der Waals surface area contributed by atoms with E-state index in [1.54, 1.807) is 12.1 Å². The van der Waals surface area contributed by atoms with E-state index < -0.39 is 10.0 Å². The molecule has 1 saturated carbocycles. The highest BCUT2D eigenvalue weighted by Gasteiger charge is 2.39. The van der Waals surface area contributed by atoms with Crippen molar-refractivity contribution in [1.82, 2.24) is 4.72 Å². The molecule has 0 aliphatic heterocycles. The molecule has 0 bridgehead atoms. The molecular weight excluding hydrogens is 326 g/mol. The SMILES string of the molecule is O=S(=O)(NC1(CBr)CCC1)c1ccc(Cl)cc1. The van der Waals surface area contributed by atoms with E-state index in [1.165, 1.54) is 12.1 Å². The second-order valence-corrected chi connectivity index (χ2v) is 7.01. The quantitative estimate of drug-likeness (QED) is 0.858. The van der Waals surface area contributed by atoms with Gasteiger partial charge in [0.15, 0.2) is 0 Å².